The number of amides is 1. The van der Waals surface area contributed by atoms with E-state index >= 15 is 0 Å². The Morgan fingerprint density at radius 2 is 1.74 bits per heavy atom. The fraction of sp³-hybridized carbons (Fsp3) is 0.333. The molecule has 1 atom stereocenters. The number of carbonyl (C=O) groups excluding carboxylic acids is 1. The zero-order valence-electron chi connectivity index (χ0n) is 20.0. The molecular formula is C27H27N3O3S. The molecule has 5 rings (SSSR count). The Hall–Kier alpha value is -3.32. The van der Waals surface area contributed by atoms with Crippen LogP contribution in [0, 0.1) is 5.92 Å². The zero-order chi connectivity index (χ0) is 24.2. The van der Waals surface area contributed by atoms with Gasteiger partial charge in [0.25, 0.3) is 5.91 Å². The lowest BCUT2D eigenvalue weighted by Gasteiger charge is -2.24. The van der Waals surface area contributed by atoms with Crippen molar-refractivity contribution in [1.29, 1.82) is 0 Å². The summed E-state index contributed by atoms with van der Waals surface area (Å²) >= 11 is 1.39. The lowest BCUT2D eigenvalue weighted by Crippen LogP contribution is -2.29. The third kappa shape index (κ3) is 3.74. The summed E-state index contributed by atoms with van der Waals surface area (Å²) in [6.45, 7) is 10.7. The van der Waals surface area contributed by atoms with Gasteiger partial charge >= 0.3 is 0 Å². The van der Waals surface area contributed by atoms with Gasteiger partial charge in [0.1, 0.15) is 10.6 Å². The van der Waals surface area contributed by atoms with Crippen molar-refractivity contribution in [2.75, 3.05) is 4.90 Å². The number of aromatic nitrogens is 2. The van der Waals surface area contributed by atoms with E-state index in [0.717, 1.165) is 17.0 Å². The summed E-state index contributed by atoms with van der Waals surface area (Å²) in [5.74, 6) is 0.130. The Labute approximate surface area is 202 Å². The molecule has 1 amide bonds. The van der Waals surface area contributed by atoms with Gasteiger partial charge in [-0.2, -0.15) is 0 Å². The van der Waals surface area contributed by atoms with Crippen LogP contribution >= 0.6 is 11.3 Å². The third-order valence-corrected chi connectivity index (χ3v) is 7.06. The minimum Gasteiger partial charge on any atom is -0.450 e. The molecule has 0 N–H and O–H groups in total. The van der Waals surface area contributed by atoms with E-state index in [1.807, 2.05) is 12.1 Å². The van der Waals surface area contributed by atoms with Crippen molar-refractivity contribution in [3.05, 3.63) is 86.2 Å². The van der Waals surface area contributed by atoms with E-state index in [4.69, 9.17) is 4.42 Å². The molecule has 4 aromatic rings. The summed E-state index contributed by atoms with van der Waals surface area (Å²) in [4.78, 5) is 28.9. The highest BCUT2D eigenvalue weighted by Crippen LogP contribution is 2.42. The fourth-order valence-electron chi connectivity index (χ4n) is 4.37. The molecule has 1 aliphatic rings. The number of nitrogens with zero attached hydrogens (tertiary/aromatic N) is 3. The molecule has 0 saturated heterocycles. The minimum absolute atomic E-state index is 0.0121. The molecule has 2 aromatic carbocycles. The number of benzene rings is 2. The van der Waals surface area contributed by atoms with Crippen LogP contribution in [-0.4, -0.2) is 16.1 Å². The maximum absolute atomic E-state index is 13.7. The van der Waals surface area contributed by atoms with E-state index in [0.29, 0.717) is 27.6 Å². The second-order valence-corrected chi connectivity index (χ2v) is 11.2. The molecule has 1 aliphatic heterocycles. The lowest BCUT2D eigenvalue weighted by atomic mass is 9.86. The van der Waals surface area contributed by atoms with Crippen LogP contribution in [0.5, 0.6) is 0 Å². The van der Waals surface area contributed by atoms with Gasteiger partial charge in [-0.15, -0.1) is 10.2 Å². The smallest absolute Gasteiger partial charge is 0.297 e. The lowest BCUT2D eigenvalue weighted by molar-refractivity contribution is 0.0970. The number of anilines is 1. The first-order valence-electron chi connectivity index (χ1n) is 11.5. The summed E-state index contributed by atoms with van der Waals surface area (Å²) in [5.41, 5.74) is 2.57. The van der Waals surface area contributed by atoms with Crippen LogP contribution in [0.15, 0.2) is 57.7 Å². The van der Waals surface area contributed by atoms with Gasteiger partial charge in [0.05, 0.1) is 17.0 Å². The van der Waals surface area contributed by atoms with Gasteiger partial charge in [-0.1, -0.05) is 82.4 Å². The Morgan fingerprint density at radius 1 is 1.03 bits per heavy atom. The van der Waals surface area contributed by atoms with Crippen LogP contribution in [0.25, 0.3) is 11.0 Å². The van der Waals surface area contributed by atoms with Crippen molar-refractivity contribution < 1.29 is 9.21 Å². The molecule has 3 heterocycles. The molecule has 0 aliphatic carbocycles. The van der Waals surface area contributed by atoms with Crippen molar-refractivity contribution in [2.45, 2.75) is 52.5 Å². The predicted octanol–water partition coefficient (Wildman–Crippen LogP) is 5.89. The summed E-state index contributed by atoms with van der Waals surface area (Å²) < 4.78 is 6.02. The highest BCUT2D eigenvalue weighted by Gasteiger charge is 2.45. The van der Waals surface area contributed by atoms with E-state index in [1.54, 1.807) is 29.2 Å². The fourth-order valence-corrected chi connectivity index (χ4v) is 5.45. The molecular weight excluding hydrogens is 446 g/mol. The summed E-state index contributed by atoms with van der Waals surface area (Å²) in [5, 5.41) is 10.5. The monoisotopic (exact) mass is 473 g/mol. The molecule has 0 saturated carbocycles. The topological polar surface area (TPSA) is 76.3 Å². The molecule has 1 unspecified atom stereocenters. The number of hydrogen-bond acceptors (Lipinski definition) is 6. The largest absolute Gasteiger partial charge is 0.450 e. The molecule has 2 aromatic heterocycles. The van der Waals surface area contributed by atoms with Crippen LogP contribution in [0.2, 0.25) is 0 Å². The standard InChI is InChI=1S/C27H27N3O3S/c1-15(2)14-20-28-29-26(34-20)30-22(16-10-12-17(13-11-16)27(3,4)5)21-23(31)18-8-6-7-9-19(18)33-24(21)25(30)32/h6-13,15,22H,14H2,1-5H3. The highest BCUT2D eigenvalue weighted by atomic mass is 32.1. The first-order chi connectivity index (χ1) is 16.1. The molecule has 0 spiro atoms. The molecule has 6 nitrogen and oxygen atoms in total. The SMILES string of the molecule is CC(C)Cc1nnc(N2C(=O)c3oc4ccccc4c(=O)c3C2c2ccc(C(C)(C)C)cc2)s1. The second kappa shape index (κ2) is 8.17. The minimum atomic E-state index is -0.628. The Balaban J connectivity index is 1.71. The van der Waals surface area contributed by atoms with Crippen LogP contribution in [0.4, 0.5) is 5.13 Å². The van der Waals surface area contributed by atoms with Crippen molar-refractivity contribution in [2.24, 2.45) is 5.92 Å². The van der Waals surface area contributed by atoms with Gasteiger partial charge in [0, 0.05) is 6.42 Å². The first kappa shape index (κ1) is 22.5. The normalized spacial score (nSPS) is 16.0. The van der Waals surface area contributed by atoms with E-state index in [2.05, 4.69) is 56.9 Å². The van der Waals surface area contributed by atoms with Crippen molar-refractivity contribution in [3.8, 4) is 0 Å². The summed E-state index contributed by atoms with van der Waals surface area (Å²) in [7, 11) is 0. The Bertz CT molecular complexity index is 1440. The quantitative estimate of drug-likeness (QED) is 0.369. The molecule has 0 bridgehead atoms. The molecule has 34 heavy (non-hydrogen) atoms. The van der Waals surface area contributed by atoms with Crippen LogP contribution in [-0.2, 0) is 11.8 Å². The third-order valence-electron chi connectivity index (χ3n) is 6.12. The zero-order valence-corrected chi connectivity index (χ0v) is 20.8. The van der Waals surface area contributed by atoms with E-state index in [-0.39, 0.29) is 22.5 Å². The van der Waals surface area contributed by atoms with Gasteiger partial charge in [0.2, 0.25) is 10.9 Å². The summed E-state index contributed by atoms with van der Waals surface area (Å²) in [6, 6.07) is 14.5. The van der Waals surface area contributed by atoms with Gasteiger partial charge in [-0.05, 0) is 34.6 Å². The van der Waals surface area contributed by atoms with Crippen molar-refractivity contribution >= 4 is 33.3 Å². The molecule has 7 heteroatoms. The van der Waals surface area contributed by atoms with Gasteiger partial charge in [-0.3, -0.25) is 14.5 Å². The van der Waals surface area contributed by atoms with Crippen molar-refractivity contribution in [3.63, 3.8) is 0 Å². The van der Waals surface area contributed by atoms with Crippen molar-refractivity contribution in [1.82, 2.24) is 10.2 Å². The molecule has 0 fully saturated rings. The second-order valence-electron chi connectivity index (χ2n) is 10.2. The number of carbonyl (C=O) groups is 1. The maximum atomic E-state index is 13.7. The number of fused-ring (bicyclic) bond motifs is 2. The Kier molecular flexibility index (Phi) is 5.40. The van der Waals surface area contributed by atoms with Gasteiger partial charge < -0.3 is 4.42 Å². The van der Waals surface area contributed by atoms with Crippen LogP contribution < -0.4 is 10.3 Å². The van der Waals surface area contributed by atoms with E-state index in [9.17, 15) is 9.59 Å². The average molecular weight is 474 g/mol. The van der Waals surface area contributed by atoms with Crippen LogP contribution in [0.1, 0.15) is 72.9 Å². The summed E-state index contributed by atoms with van der Waals surface area (Å²) in [6.07, 6.45) is 0.776. The molecule has 0 radical (unpaired) electrons. The first-order valence-corrected chi connectivity index (χ1v) is 12.3. The number of para-hydroxylation sites is 1. The van der Waals surface area contributed by atoms with Gasteiger partial charge in [0.15, 0.2) is 5.43 Å². The van der Waals surface area contributed by atoms with E-state index in [1.165, 1.54) is 16.9 Å². The molecule has 174 valence electrons. The van der Waals surface area contributed by atoms with E-state index < -0.39 is 6.04 Å². The Morgan fingerprint density at radius 3 is 2.41 bits per heavy atom. The highest BCUT2D eigenvalue weighted by molar-refractivity contribution is 7.15. The van der Waals surface area contributed by atoms with Crippen LogP contribution in [0.3, 0.4) is 0 Å². The average Bonchev–Trinajstić information content (AvgIpc) is 3.35. The number of rotatable bonds is 4. The maximum Gasteiger partial charge on any atom is 0.297 e. The van der Waals surface area contributed by atoms with Gasteiger partial charge in [-0.25, -0.2) is 0 Å². The predicted molar refractivity (Wildman–Crippen MR) is 135 cm³/mol. The number of hydrogen-bond donors (Lipinski definition) is 0.